The Bertz CT molecular complexity index is 430. The maximum atomic E-state index is 13.1. The van der Waals surface area contributed by atoms with Crippen LogP contribution in [0.5, 0.6) is 0 Å². The van der Waals surface area contributed by atoms with E-state index in [9.17, 15) is 17.6 Å². The molecule has 0 amide bonds. The molecule has 15 heavy (non-hydrogen) atoms. The molecule has 0 aromatic heterocycles. The second kappa shape index (κ2) is 4.13. The molecule has 0 unspecified atom stereocenters. The van der Waals surface area contributed by atoms with Crippen LogP contribution in [0.2, 0.25) is 0 Å². The van der Waals surface area contributed by atoms with Crippen molar-refractivity contribution < 1.29 is 17.6 Å². The van der Waals surface area contributed by atoms with Gasteiger partial charge in [0.15, 0.2) is 23.3 Å². The molecule has 0 bridgehead atoms. The predicted molar refractivity (Wildman–Crippen MR) is 45.7 cm³/mol. The number of nitriles is 1. The summed E-state index contributed by atoms with van der Waals surface area (Å²) in [6.45, 7) is 3.03. The van der Waals surface area contributed by atoms with Gasteiger partial charge in [0, 0.05) is 5.56 Å². The minimum atomic E-state index is -1.55. The fourth-order valence-electron chi connectivity index (χ4n) is 1.11. The molecule has 78 valence electrons. The van der Waals surface area contributed by atoms with Gasteiger partial charge in [0.2, 0.25) is 0 Å². The highest BCUT2D eigenvalue weighted by molar-refractivity contribution is 5.50. The van der Waals surface area contributed by atoms with Crippen LogP contribution in [0.3, 0.4) is 0 Å². The molecule has 0 heterocycles. The van der Waals surface area contributed by atoms with Crippen molar-refractivity contribution in [1.29, 1.82) is 5.26 Å². The van der Waals surface area contributed by atoms with Crippen molar-refractivity contribution in [2.45, 2.75) is 6.42 Å². The van der Waals surface area contributed by atoms with Gasteiger partial charge >= 0.3 is 0 Å². The molecule has 0 fully saturated rings. The van der Waals surface area contributed by atoms with Gasteiger partial charge in [-0.2, -0.15) is 5.26 Å². The summed E-state index contributed by atoms with van der Waals surface area (Å²) >= 11 is 0. The van der Waals surface area contributed by atoms with Gasteiger partial charge in [-0.3, -0.25) is 0 Å². The summed E-state index contributed by atoms with van der Waals surface area (Å²) in [7, 11) is 0. The van der Waals surface area contributed by atoms with Crippen molar-refractivity contribution in [3.05, 3.63) is 41.0 Å². The van der Waals surface area contributed by atoms with E-state index < -0.39 is 40.8 Å². The highest BCUT2D eigenvalue weighted by Gasteiger charge is 2.23. The van der Waals surface area contributed by atoms with E-state index in [1.165, 1.54) is 6.07 Å². The Morgan fingerprint density at radius 1 is 1.07 bits per heavy atom. The highest BCUT2D eigenvalue weighted by Crippen LogP contribution is 2.24. The number of nitrogens with zero attached hydrogens (tertiary/aromatic N) is 1. The van der Waals surface area contributed by atoms with Gasteiger partial charge in [0.05, 0.1) is 18.1 Å². The largest absolute Gasteiger partial charge is 0.203 e. The SMILES string of the molecule is C=Cc1c(F)c(F)c(CC#N)c(F)c1F. The Morgan fingerprint density at radius 3 is 1.87 bits per heavy atom. The molecule has 0 saturated carbocycles. The Labute approximate surface area is 83.3 Å². The lowest BCUT2D eigenvalue weighted by molar-refractivity contribution is 0.440. The molecule has 1 rings (SSSR count). The van der Waals surface area contributed by atoms with Crippen LogP contribution in [-0.2, 0) is 6.42 Å². The van der Waals surface area contributed by atoms with Gasteiger partial charge in [0.25, 0.3) is 0 Å². The number of halogens is 4. The fourth-order valence-corrected chi connectivity index (χ4v) is 1.11. The molecule has 5 heteroatoms. The summed E-state index contributed by atoms with van der Waals surface area (Å²) in [4.78, 5) is 0. The Balaban J connectivity index is 3.60. The molecule has 1 nitrogen and oxygen atoms in total. The van der Waals surface area contributed by atoms with E-state index in [4.69, 9.17) is 5.26 Å². The van der Waals surface area contributed by atoms with Gasteiger partial charge in [-0.1, -0.05) is 12.7 Å². The highest BCUT2D eigenvalue weighted by atomic mass is 19.2. The van der Waals surface area contributed by atoms with E-state index in [1.54, 1.807) is 0 Å². The summed E-state index contributed by atoms with van der Waals surface area (Å²) in [6, 6.07) is 1.42. The molecule has 0 atom stereocenters. The van der Waals surface area contributed by atoms with Crippen LogP contribution >= 0.6 is 0 Å². The van der Waals surface area contributed by atoms with E-state index in [-0.39, 0.29) is 0 Å². The lowest BCUT2D eigenvalue weighted by Gasteiger charge is -2.06. The van der Waals surface area contributed by atoms with Crippen LogP contribution in [-0.4, -0.2) is 0 Å². The number of hydrogen-bond donors (Lipinski definition) is 0. The van der Waals surface area contributed by atoms with Gasteiger partial charge in [-0.05, 0) is 0 Å². The maximum absolute atomic E-state index is 13.1. The van der Waals surface area contributed by atoms with Crippen molar-refractivity contribution in [1.82, 2.24) is 0 Å². The minimum absolute atomic E-state index is 0.674. The van der Waals surface area contributed by atoms with Gasteiger partial charge in [-0.15, -0.1) is 0 Å². The Kier molecular flexibility index (Phi) is 3.10. The summed E-state index contributed by atoms with van der Waals surface area (Å²) in [5.41, 5.74) is -1.77. The second-order valence-electron chi connectivity index (χ2n) is 2.69. The van der Waals surface area contributed by atoms with Gasteiger partial charge in [-0.25, -0.2) is 17.6 Å². The topological polar surface area (TPSA) is 23.8 Å². The first-order chi connectivity index (χ1) is 7.04. The standard InChI is InChI=1S/C10H5F4N/c1-2-5-7(11)9(13)6(3-4-15)10(14)8(5)12/h2H,1,3H2. The molecule has 1 aromatic rings. The van der Waals surface area contributed by atoms with Crippen LogP contribution in [0.1, 0.15) is 11.1 Å². The normalized spacial score (nSPS) is 9.80. The quantitative estimate of drug-likeness (QED) is 0.549. The zero-order valence-corrected chi connectivity index (χ0v) is 7.45. The zero-order valence-electron chi connectivity index (χ0n) is 7.45. The van der Waals surface area contributed by atoms with Crippen molar-refractivity contribution in [3.63, 3.8) is 0 Å². The van der Waals surface area contributed by atoms with E-state index >= 15 is 0 Å². The van der Waals surface area contributed by atoms with Crippen LogP contribution in [0, 0.1) is 34.6 Å². The first-order valence-electron chi connectivity index (χ1n) is 3.88. The number of benzene rings is 1. The van der Waals surface area contributed by atoms with E-state index in [2.05, 4.69) is 6.58 Å². The van der Waals surface area contributed by atoms with Crippen molar-refractivity contribution in [2.75, 3.05) is 0 Å². The molecule has 0 aliphatic rings. The van der Waals surface area contributed by atoms with E-state index in [1.807, 2.05) is 0 Å². The summed E-state index contributed by atoms with van der Waals surface area (Å²) in [5, 5.41) is 8.23. The van der Waals surface area contributed by atoms with Gasteiger partial charge in [0.1, 0.15) is 0 Å². The number of hydrogen-bond acceptors (Lipinski definition) is 1. The van der Waals surface area contributed by atoms with Crippen LogP contribution in [0.25, 0.3) is 6.08 Å². The molecular formula is C10H5F4N. The molecule has 0 N–H and O–H groups in total. The first-order valence-corrected chi connectivity index (χ1v) is 3.88. The second-order valence-corrected chi connectivity index (χ2v) is 2.69. The third kappa shape index (κ3) is 1.71. The Morgan fingerprint density at radius 2 is 1.53 bits per heavy atom. The smallest absolute Gasteiger partial charge is 0.169 e. The summed E-state index contributed by atoms with van der Waals surface area (Å²) in [5.74, 6) is -6.17. The molecule has 0 saturated heterocycles. The molecule has 0 aliphatic heterocycles. The lowest BCUT2D eigenvalue weighted by atomic mass is 10.1. The molecule has 0 aliphatic carbocycles. The van der Waals surface area contributed by atoms with E-state index in [0.717, 1.165) is 0 Å². The molecule has 0 spiro atoms. The molecular weight excluding hydrogens is 210 g/mol. The average Bonchev–Trinajstić information content (AvgIpc) is 2.23. The predicted octanol–water partition coefficient (Wildman–Crippen LogP) is 2.95. The van der Waals surface area contributed by atoms with Gasteiger partial charge < -0.3 is 0 Å². The summed E-state index contributed by atoms with van der Waals surface area (Å²) in [6.07, 6.45) is -0.0596. The van der Waals surface area contributed by atoms with Crippen LogP contribution in [0.4, 0.5) is 17.6 Å². The minimum Gasteiger partial charge on any atom is -0.203 e. The summed E-state index contributed by atoms with van der Waals surface area (Å²) < 4.78 is 52.3. The Hall–Kier alpha value is -1.83. The fraction of sp³-hybridized carbons (Fsp3) is 0.100. The zero-order chi connectivity index (χ0) is 11.6. The van der Waals surface area contributed by atoms with Crippen molar-refractivity contribution in [3.8, 4) is 6.07 Å². The van der Waals surface area contributed by atoms with Crippen LogP contribution < -0.4 is 0 Å². The average molecular weight is 215 g/mol. The van der Waals surface area contributed by atoms with E-state index in [0.29, 0.717) is 6.08 Å². The maximum Gasteiger partial charge on any atom is 0.169 e. The molecule has 0 radical (unpaired) electrons. The van der Waals surface area contributed by atoms with Crippen molar-refractivity contribution >= 4 is 6.08 Å². The molecule has 1 aromatic carbocycles. The third-order valence-corrected chi connectivity index (χ3v) is 1.85. The monoisotopic (exact) mass is 215 g/mol. The first kappa shape index (κ1) is 11.2. The number of rotatable bonds is 2. The van der Waals surface area contributed by atoms with Crippen molar-refractivity contribution in [2.24, 2.45) is 0 Å². The van der Waals surface area contributed by atoms with Crippen LogP contribution in [0.15, 0.2) is 6.58 Å². The third-order valence-electron chi connectivity index (χ3n) is 1.85. The lowest BCUT2D eigenvalue weighted by Crippen LogP contribution is -2.05.